The maximum Gasteiger partial charge on any atom is 0.209 e. The number of aliphatic imine (C=N–C) groups is 1. The maximum atomic E-state index is 14.9. The number of halogens is 1. The molecule has 2 aromatic heterocycles. The van der Waals surface area contributed by atoms with Gasteiger partial charge in [-0.15, -0.1) is 0 Å². The predicted octanol–water partition coefficient (Wildman–Crippen LogP) is 4.03. The fourth-order valence-corrected chi connectivity index (χ4v) is 3.01. The van der Waals surface area contributed by atoms with Crippen molar-refractivity contribution < 1.29 is 4.39 Å². The molecular formula is C24H18FN5O. The van der Waals surface area contributed by atoms with Gasteiger partial charge in [0.2, 0.25) is 5.43 Å². The van der Waals surface area contributed by atoms with Crippen molar-refractivity contribution in [3.8, 4) is 16.9 Å². The topological polar surface area (TPSA) is 86.2 Å². The molecule has 0 amide bonds. The van der Waals surface area contributed by atoms with Crippen LogP contribution in [0.5, 0.6) is 0 Å². The summed E-state index contributed by atoms with van der Waals surface area (Å²) in [6, 6.07) is 20.6. The van der Waals surface area contributed by atoms with Crippen LogP contribution in [-0.2, 0) is 0 Å². The van der Waals surface area contributed by atoms with Crippen LogP contribution in [0.1, 0.15) is 5.69 Å². The summed E-state index contributed by atoms with van der Waals surface area (Å²) < 4.78 is 16.2. The van der Waals surface area contributed by atoms with Crippen molar-refractivity contribution in [3.63, 3.8) is 0 Å². The Kier molecular flexibility index (Phi) is 5.75. The van der Waals surface area contributed by atoms with Gasteiger partial charge in [0.25, 0.3) is 0 Å². The first kappa shape index (κ1) is 19.9. The molecule has 0 spiro atoms. The number of hydrogen-bond acceptors (Lipinski definition) is 5. The number of pyridine rings is 1. The van der Waals surface area contributed by atoms with Crippen LogP contribution in [0, 0.1) is 5.82 Å². The molecule has 2 N–H and O–H groups in total. The lowest BCUT2D eigenvalue weighted by Crippen LogP contribution is -2.20. The quantitative estimate of drug-likeness (QED) is 0.503. The molecule has 31 heavy (non-hydrogen) atoms. The van der Waals surface area contributed by atoms with E-state index in [9.17, 15) is 9.18 Å². The molecule has 4 rings (SSSR count). The number of para-hydroxylation sites is 1. The second kappa shape index (κ2) is 8.96. The molecule has 0 saturated carbocycles. The Labute approximate surface area is 177 Å². The van der Waals surface area contributed by atoms with Gasteiger partial charge in [-0.05, 0) is 48.7 Å². The van der Waals surface area contributed by atoms with Gasteiger partial charge in [-0.2, -0.15) is 5.10 Å². The van der Waals surface area contributed by atoms with Crippen LogP contribution in [0.2, 0.25) is 0 Å². The third-order valence-corrected chi connectivity index (χ3v) is 4.47. The third kappa shape index (κ3) is 4.45. The van der Waals surface area contributed by atoms with Gasteiger partial charge in [0.1, 0.15) is 11.5 Å². The molecule has 0 atom stereocenters. The Morgan fingerprint density at radius 1 is 1.03 bits per heavy atom. The first-order valence-corrected chi connectivity index (χ1v) is 9.49. The van der Waals surface area contributed by atoms with Crippen molar-refractivity contribution in [1.82, 2.24) is 14.8 Å². The van der Waals surface area contributed by atoms with E-state index in [1.165, 1.54) is 35.3 Å². The predicted molar refractivity (Wildman–Crippen MR) is 119 cm³/mol. The molecule has 0 radical (unpaired) electrons. The van der Waals surface area contributed by atoms with Gasteiger partial charge in [0, 0.05) is 24.0 Å². The molecule has 0 aliphatic heterocycles. The second-order valence-corrected chi connectivity index (χ2v) is 6.55. The molecule has 6 nitrogen and oxygen atoms in total. The van der Waals surface area contributed by atoms with Crippen LogP contribution in [0.4, 0.5) is 10.1 Å². The van der Waals surface area contributed by atoms with Gasteiger partial charge in [0.05, 0.1) is 17.1 Å². The molecule has 7 heteroatoms. The minimum Gasteiger partial charge on any atom is -0.405 e. The average molecular weight is 411 g/mol. The van der Waals surface area contributed by atoms with E-state index >= 15 is 0 Å². The van der Waals surface area contributed by atoms with Gasteiger partial charge in [0.15, 0.2) is 5.69 Å². The van der Waals surface area contributed by atoms with Crippen molar-refractivity contribution in [2.45, 2.75) is 0 Å². The van der Waals surface area contributed by atoms with Crippen LogP contribution in [-0.4, -0.2) is 20.5 Å². The normalized spacial score (nSPS) is 11.7. The molecular weight excluding hydrogens is 393 g/mol. The Morgan fingerprint density at radius 3 is 2.55 bits per heavy atom. The Morgan fingerprint density at radius 2 is 1.84 bits per heavy atom. The van der Waals surface area contributed by atoms with E-state index in [4.69, 9.17) is 5.73 Å². The van der Waals surface area contributed by atoms with Gasteiger partial charge >= 0.3 is 0 Å². The van der Waals surface area contributed by atoms with E-state index < -0.39 is 5.82 Å². The van der Waals surface area contributed by atoms with Crippen LogP contribution in [0.3, 0.4) is 0 Å². The van der Waals surface area contributed by atoms with Crippen LogP contribution >= 0.6 is 0 Å². The fourth-order valence-electron chi connectivity index (χ4n) is 3.01. The first-order chi connectivity index (χ1) is 15.2. The summed E-state index contributed by atoms with van der Waals surface area (Å²) in [5, 5.41) is 4.33. The van der Waals surface area contributed by atoms with Crippen LogP contribution < -0.4 is 11.2 Å². The number of rotatable bonds is 5. The van der Waals surface area contributed by atoms with Crippen LogP contribution in [0.25, 0.3) is 16.9 Å². The Bertz CT molecular complexity index is 1310. The summed E-state index contributed by atoms with van der Waals surface area (Å²) in [4.78, 5) is 21.2. The zero-order valence-corrected chi connectivity index (χ0v) is 16.4. The lowest BCUT2D eigenvalue weighted by molar-refractivity contribution is 0.608. The van der Waals surface area contributed by atoms with Gasteiger partial charge in [-0.3, -0.25) is 9.78 Å². The number of aromatic nitrogens is 3. The lowest BCUT2D eigenvalue weighted by atomic mass is 10.1. The van der Waals surface area contributed by atoms with Crippen molar-refractivity contribution >= 4 is 11.4 Å². The highest BCUT2D eigenvalue weighted by atomic mass is 19.1. The molecule has 0 aliphatic rings. The zero-order valence-electron chi connectivity index (χ0n) is 16.4. The summed E-state index contributed by atoms with van der Waals surface area (Å²) in [5.74, 6) is -0.499. The highest BCUT2D eigenvalue weighted by molar-refractivity contribution is 6.08. The van der Waals surface area contributed by atoms with E-state index in [1.807, 2.05) is 24.3 Å². The molecule has 2 aromatic carbocycles. The minimum absolute atomic E-state index is 0.0567. The Balaban J connectivity index is 1.77. The van der Waals surface area contributed by atoms with Gasteiger partial charge in [-0.25, -0.2) is 14.1 Å². The SMILES string of the molecule is NC=CC(=Nc1ccccc1)c1nn(-c2ccc(-c3ccccn3)cc2F)ccc1=O. The second-order valence-electron chi connectivity index (χ2n) is 6.55. The molecule has 4 aromatic rings. The van der Waals surface area contributed by atoms with Crippen molar-refractivity contribution in [1.29, 1.82) is 0 Å². The van der Waals surface area contributed by atoms with E-state index in [0.717, 1.165) is 0 Å². The molecule has 0 unspecified atom stereocenters. The molecule has 0 saturated heterocycles. The lowest BCUT2D eigenvalue weighted by Gasteiger charge is -2.10. The summed E-state index contributed by atoms with van der Waals surface area (Å²) in [6.45, 7) is 0. The summed E-state index contributed by atoms with van der Waals surface area (Å²) >= 11 is 0. The number of hydrogen-bond donors (Lipinski definition) is 1. The zero-order chi connectivity index (χ0) is 21.6. The molecule has 152 valence electrons. The van der Waals surface area contributed by atoms with Crippen molar-refractivity contribution in [3.05, 3.63) is 119 Å². The monoisotopic (exact) mass is 411 g/mol. The van der Waals surface area contributed by atoms with E-state index in [1.54, 1.807) is 42.6 Å². The summed E-state index contributed by atoms with van der Waals surface area (Å²) in [6.07, 6.45) is 5.83. The molecule has 0 aliphatic carbocycles. The van der Waals surface area contributed by atoms with Crippen LogP contribution in [0.15, 0.2) is 107 Å². The number of nitrogens with two attached hydrogens (primary N) is 1. The number of nitrogens with zero attached hydrogens (tertiary/aromatic N) is 4. The minimum atomic E-state index is -0.499. The first-order valence-electron chi connectivity index (χ1n) is 9.49. The highest BCUT2D eigenvalue weighted by Gasteiger charge is 2.13. The molecule has 2 heterocycles. The van der Waals surface area contributed by atoms with Crippen molar-refractivity contribution in [2.75, 3.05) is 0 Å². The number of allylic oxidation sites excluding steroid dienone is 1. The molecule has 0 fully saturated rings. The smallest absolute Gasteiger partial charge is 0.209 e. The largest absolute Gasteiger partial charge is 0.405 e. The average Bonchev–Trinajstić information content (AvgIpc) is 2.80. The van der Waals surface area contributed by atoms with E-state index in [2.05, 4.69) is 15.1 Å². The third-order valence-electron chi connectivity index (χ3n) is 4.47. The fraction of sp³-hybridized carbons (Fsp3) is 0. The van der Waals surface area contributed by atoms with E-state index in [-0.39, 0.29) is 22.5 Å². The molecule has 0 bridgehead atoms. The van der Waals surface area contributed by atoms with Gasteiger partial charge in [-0.1, -0.05) is 30.3 Å². The van der Waals surface area contributed by atoms with E-state index in [0.29, 0.717) is 16.9 Å². The summed E-state index contributed by atoms with van der Waals surface area (Å²) in [5.41, 5.74) is 7.66. The highest BCUT2D eigenvalue weighted by Crippen LogP contribution is 2.21. The summed E-state index contributed by atoms with van der Waals surface area (Å²) in [7, 11) is 0. The standard InChI is InChI=1S/C24H18FN5O/c25-19-16-17(20-8-4-5-14-27-20)9-10-22(19)30-15-12-23(31)24(29-30)21(11-13-26)28-18-6-2-1-3-7-18/h1-16H,26H2. The maximum absolute atomic E-state index is 14.9. The van der Waals surface area contributed by atoms with Crippen molar-refractivity contribution in [2.24, 2.45) is 10.7 Å². The van der Waals surface area contributed by atoms with Gasteiger partial charge < -0.3 is 5.73 Å². The Hall–Kier alpha value is -4.39. The number of benzene rings is 2.